The van der Waals surface area contributed by atoms with Gasteiger partial charge in [0.2, 0.25) is 0 Å². The molecule has 1 fully saturated rings. The van der Waals surface area contributed by atoms with Crippen LogP contribution in [0.4, 0.5) is 10.5 Å². The highest BCUT2D eigenvalue weighted by Crippen LogP contribution is 2.28. The summed E-state index contributed by atoms with van der Waals surface area (Å²) in [4.78, 5) is 28.4. The van der Waals surface area contributed by atoms with Crippen LogP contribution in [0, 0.1) is 0 Å². The third kappa shape index (κ3) is 6.30. The van der Waals surface area contributed by atoms with E-state index in [0.717, 1.165) is 13.1 Å². The molecule has 6 nitrogen and oxygen atoms in total. The molecule has 1 aromatic heterocycles. The second kappa shape index (κ2) is 9.41. The standard InChI is InChI=1S/C22H29N3O3S/c1-22(2,3)28-21(27)24-17-9-6-8-16(14-17)20(26)23-15-18(19-10-7-13-29-19)25-11-4-5-12-25/h6-10,13-14,18H,4-5,11-12,15H2,1-3H3,(H,23,26)(H,24,27). The summed E-state index contributed by atoms with van der Waals surface area (Å²) < 4.78 is 5.26. The number of ether oxygens (including phenoxy) is 1. The first-order valence-electron chi connectivity index (χ1n) is 9.97. The van der Waals surface area contributed by atoms with E-state index in [1.165, 1.54) is 17.7 Å². The number of rotatable bonds is 6. The lowest BCUT2D eigenvalue weighted by atomic mass is 10.1. The summed E-state index contributed by atoms with van der Waals surface area (Å²) in [6.45, 7) is 8.10. The Kier molecular flexibility index (Phi) is 6.92. The first-order valence-corrected chi connectivity index (χ1v) is 10.9. The minimum atomic E-state index is -0.578. The Balaban J connectivity index is 1.62. The van der Waals surface area contributed by atoms with Gasteiger partial charge in [-0.3, -0.25) is 15.0 Å². The highest BCUT2D eigenvalue weighted by Gasteiger charge is 2.25. The number of hydrogen-bond acceptors (Lipinski definition) is 5. The maximum Gasteiger partial charge on any atom is 0.412 e. The lowest BCUT2D eigenvalue weighted by Crippen LogP contribution is -2.36. The van der Waals surface area contributed by atoms with Crippen molar-refractivity contribution in [1.82, 2.24) is 10.2 Å². The molecular formula is C22H29N3O3S. The molecule has 2 heterocycles. The molecule has 2 N–H and O–H groups in total. The van der Waals surface area contributed by atoms with Crippen LogP contribution < -0.4 is 10.6 Å². The predicted molar refractivity (Wildman–Crippen MR) is 116 cm³/mol. The monoisotopic (exact) mass is 415 g/mol. The SMILES string of the molecule is CC(C)(C)OC(=O)Nc1cccc(C(=O)NCC(c2cccs2)N2CCCC2)c1. The van der Waals surface area contributed by atoms with E-state index in [-0.39, 0.29) is 11.9 Å². The molecule has 0 saturated carbocycles. The number of benzene rings is 1. The van der Waals surface area contributed by atoms with Gasteiger partial charge in [-0.1, -0.05) is 12.1 Å². The summed E-state index contributed by atoms with van der Waals surface area (Å²) in [6, 6.07) is 11.3. The van der Waals surface area contributed by atoms with Crippen molar-refractivity contribution in [2.45, 2.75) is 45.3 Å². The number of hydrogen-bond donors (Lipinski definition) is 2. The number of nitrogens with one attached hydrogen (secondary N) is 2. The predicted octanol–water partition coefficient (Wildman–Crippen LogP) is 4.66. The van der Waals surface area contributed by atoms with Crippen LogP contribution in [-0.2, 0) is 4.74 Å². The summed E-state index contributed by atoms with van der Waals surface area (Å²) in [5.41, 5.74) is 0.456. The average molecular weight is 416 g/mol. The van der Waals surface area contributed by atoms with Crippen molar-refractivity contribution in [2.75, 3.05) is 25.0 Å². The number of nitrogens with zero attached hydrogens (tertiary/aromatic N) is 1. The molecule has 2 amide bonds. The zero-order valence-electron chi connectivity index (χ0n) is 17.2. The van der Waals surface area contributed by atoms with Crippen LogP contribution in [0.15, 0.2) is 41.8 Å². The zero-order chi connectivity index (χ0) is 20.9. The van der Waals surface area contributed by atoms with Crippen molar-refractivity contribution in [3.05, 3.63) is 52.2 Å². The van der Waals surface area contributed by atoms with E-state index in [0.29, 0.717) is 17.8 Å². The number of amides is 2. The van der Waals surface area contributed by atoms with Crippen LogP contribution in [0.2, 0.25) is 0 Å². The van der Waals surface area contributed by atoms with Crippen molar-refractivity contribution in [3.8, 4) is 0 Å². The topological polar surface area (TPSA) is 70.7 Å². The first-order chi connectivity index (χ1) is 13.8. The Bertz CT molecular complexity index is 824. The van der Waals surface area contributed by atoms with Crippen LogP contribution in [0.1, 0.15) is 54.9 Å². The summed E-state index contributed by atoms with van der Waals surface area (Å²) in [5, 5.41) is 7.82. The van der Waals surface area contributed by atoms with Gasteiger partial charge in [0.25, 0.3) is 5.91 Å². The molecule has 1 unspecified atom stereocenters. The van der Waals surface area contributed by atoms with Gasteiger partial charge in [0.1, 0.15) is 5.60 Å². The van der Waals surface area contributed by atoms with Crippen LogP contribution in [0.25, 0.3) is 0 Å². The van der Waals surface area contributed by atoms with Crippen molar-refractivity contribution in [1.29, 1.82) is 0 Å². The Labute approximate surface area is 176 Å². The van der Waals surface area contributed by atoms with Crippen molar-refractivity contribution >= 4 is 29.0 Å². The Morgan fingerprint density at radius 3 is 2.59 bits per heavy atom. The van der Waals surface area contributed by atoms with Crippen molar-refractivity contribution in [2.24, 2.45) is 0 Å². The van der Waals surface area contributed by atoms with Gasteiger partial charge >= 0.3 is 6.09 Å². The third-order valence-electron chi connectivity index (χ3n) is 4.68. The molecule has 0 radical (unpaired) electrons. The zero-order valence-corrected chi connectivity index (χ0v) is 18.1. The number of carbonyl (C=O) groups is 2. The van der Waals surface area contributed by atoms with Crippen molar-refractivity contribution in [3.63, 3.8) is 0 Å². The molecule has 0 bridgehead atoms. The van der Waals surface area contributed by atoms with Crippen LogP contribution in [-0.4, -0.2) is 42.1 Å². The molecule has 3 rings (SSSR count). The van der Waals surface area contributed by atoms with Gasteiger partial charge in [-0.15, -0.1) is 11.3 Å². The summed E-state index contributed by atoms with van der Waals surface area (Å²) in [6.07, 6.45) is 1.87. The van der Waals surface area contributed by atoms with Gasteiger partial charge in [-0.05, 0) is 76.3 Å². The summed E-state index contributed by atoms with van der Waals surface area (Å²) in [5.74, 6) is -0.154. The molecule has 1 aromatic carbocycles. The lowest BCUT2D eigenvalue weighted by molar-refractivity contribution is 0.0635. The Morgan fingerprint density at radius 1 is 1.17 bits per heavy atom. The van der Waals surface area contributed by atoms with E-state index >= 15 is 0 Å². The fourth-order valence-electron chi connectivity index (χ4n) is 3.39. The van der Waals surface area contributed by atoms with Crippen LogP contribution >= 0.6 is 11.3 Å². The fraction of sp³-hybridized carbons (Fsp3) is 0.455. The van der Waals surface area contributed by atoms with E-state index in [1.807, 2.05) is 0 Å². The highest BCUT2D eigenvalue weighted by atomic mass is 32.1. The second-order valence-electron chi connectivity index (χ2n) is 8.19. The minimum absolute atomic E-state index is 0.154. The first kappa shape index (κ1) is 21.3. The number of thiophene rings is 1. The molecule has 156 valence electrons. The highest BCUT2D eigenvalue weighted by molar-refractivity contribution is 7.10. The molecule has 1 atom stereocenters. The normalized spacial score (nSPS) is 15.7. The third-order valence-corrected chi connectivity index (χ3v) is 5.65. The van der Waals surface area contributed by atoms with E-state index in [2.05, 4.69) is 33.0 Å². The quantitative estimate of drug-likeness (QED) is 0.720. The largest absolute Gasteiger partial charge is 0.444 e. The second-order valence-corrected chi connectivity index (χ2v) is 9.17. The molecule has 1 saturated heterocycles. The molecule has 1 aliphatic rings. The van der Waals surface area contributed by atoms with Gasteiger partial charge in [-0.25, -0.2) is 4.79 Å². The average Bonchev–Trinajstić information content (AvgIpc) is 3.35. The van der Waals surface area contributed by atoms with Gasteiger partial charge in [0.05, 0.1) is 6.04 Å². The summed E-state index contributed by atoms with van der Waals surface area (Å²) >= 11 is 1.72. The molecule has 29 heavy (non-hydrogen) atoms. The van der Waals surface area contributed by atoms with E-state index in [9.17, 15) is 9.59 Å². The van der Waals surface area contributed by atoms with Gasteiger partial charge in [0, 0.05) is 22.7 Å². The Hall–Kier alpha value is -2.38. The van der Waals surface area contributed by atoms with Gasteiger partial charge < -0.3 is 10.1 Å². The molecular weight excluding hydrogens is 386 g/mol. The molecule has 2 aromatic rings. The van der Waals surface area contributed by atoms with Gasteiger partial charge in [0.15, 0.2) is 0 Å². The number of likely N-dealkylation sites (tertiary alicyclic amines) is 1. The Morgan fingerprint density at radius 2 is 1.93 bits per heavy atom. The van der Waals surface area contributed by atoms with E-state index in [1.54, 1.807) is 56.4 Å². The van der Waals surface area contributed by atoms with E-state index < -0.39 is 11.7 Å². The van der Waals surface area contributed by atoms with Crippen LogP contribution in [0.5, 0.6) is 0 Å². The number of anilines is 1. The van der Waals surface area contributed by atoms with E-state index in [4.69, 9.17) is 4.74 Å². The molecule has 0 aliphatic carbocycles. The minimum Gasteiger partial charge on any atom is -0.444 e. The molecule has 0 spiro atoms. The maximum atomic E-state index is 12.7. The van der Waals surface area contributed by atoms with Crippen molar-refractivity contribution < 1.29 is 14.3 Å². The summed E-state index contributed by atoms with van der Waals surface area (Å²) in [7, 11) is 0. The number of carbonyl (C=O) groups excluding carboxylic acids is 2. The maximum absolute atomic E-state index is 12.7. The molecule has 7 heteroatoms. The van der Waals surface area contributed by atoms with Gasteiger partial charge in [-0.2, -0.15) is 0 Å². The smallest absolute Gasteiger partial charge is 0.412 e. The lowest BCUT2D eigenvalue weighted by Gasteiger charge is -2.27. The molecule has 1 aliphatic heterocycles. The fourth-order valence-corrected chi connectivity index (χ4v) is 4.26. The van der Waals surface area contributed by atoms with Crippen LogP contribution in [0.3, 0.4) is 0 Å².